The maximum absolute atomic E-state index is 15.6. The number of hydrogen-bond acceptors (Lipinski definition) is 8. The SMILES string of the molecule is COc1nc(N2CC3CC2CO3)cc(-n2ncc3cc(C)c(C4CCN(C5CCOC5)CC4F)cc32)n1. The number of likely N-dealkylation sites (tertiary alicyclic amines) is 1. The van der Waals surface area contributed by atoms with Crippen molar-refractivity contribution >= 4 is 16.7 Å². The molecule has 0 N–H and O–H groups in total. The third-order valence-corrected chi connectivity index (χ3v) is 8.62. The minimum absolute atomic E-state index is 0.137. The summed E-state index contributed by atoms with van der Waals surface area (Å²) in [7, 11) is 1.58. The van der Waals surface area contributed by atoms with Crippen molar-refractivity contribution in [2.45, 2.75) is 56.5 Å². The highest BCUT2D eigenvalue weighted by molar-refractivity contribution is 5.82. The summed E-state index contributed by atoms with van der Waals surface area (Å²) >= 11 is 0. The molecular weight excluding hydrogens is 475 g/mol. The molecule has 37 heavy (non-hydrogen) atoms. The van der Waals surface area contributed by atoms with Crippen LogP contribution in [-0.4, -0.2) is 95.6 Å². The van der Waals surface area contributed by atoms with Gasteiger partial charge in [0.05, 0.1) is 44.2 Å². The van der Waals surface area contributed by atoms with Crippen LogP contribution in [0.3, 0.4) is 0 Å². The molecular formula is C27H33FN6O3. The average Bonchev–Trinajstić information content (AvgIpc) is 3.73. The fourth-order valence-corrected chi connectivity index (χ4v) is 6.63. The standard InChI is InChI=1S/C27H33FN6O3/c1-16-7-17-11-29-34(26-10-25(30-27(31-26)35-2)33-12-20-8-19(33)15-37-20)24(17)9-22(16)21-3-5-32(13-23(21)28)18-4-6-36-14-18/h7,9-11,18-21,23H,3-6,8,12-15H2,1-2H3. The Hall–Kier alpha value is -2.82. The zero-order valence-electron chi connectivity index (χ0n) is 21.3. The van der Waals surface area contributed by atoms with Gasteiger partial charge >= 0.3 is 6.01 Å². The number of alkyl halides is 1. The molecule has 0 saturated carbocycles. The van der Waals surface area contributed by atoms with Gasteiger partial charge in [-0.05, 0) is 56.0 Å². The van der Waals surface area contributed by atoms with E-state index in [9.17, 15) is 0 Å². The van der Waals surface area contributed by atoms with Gasteiger partial charge in [-0.25, -0.2) is 9.07 Å². The van der Waals surface area contributed by atoms with Crippen molar-refractivity contribution in [2.24, 2.45) is 0 Å². The number of piperidine rings is 1. The second kappa shape index (κ2) is 9.18. The van der Waals surface area contributed by atoms with E-state index in [0.29, 0.717) is 30.5 Å². The average molecular weight is 509 g/mol. The van der Waals surface area contributed by atoms with Gasteiger partial charge in [-0.2, -0.15) is 15.1 Å². The molecule has 1 aromatic carbocycles. The second-order valence-electron chi connectivity index (χ2n) is 10.8. The van der Waals surface area contributed by atoms with Crippen LogP contribution in [0.4, 0.5) is 10.2 Å². The summed E-state index contributed by atoms with van der Waals surface area (Å²) in [5.41, 5.74) is 3.07. The van der Waals surface area contributed by atoms with Crippen LogP contribution in [0.5, 0.6) is 6.01 Å². The maximum Gasteiger partial charge on any atom is 0.320 e. The van der Waals surface area contributed by atoms with Gasteiger partial charge in [0.15, 0.2) is 5.82 Å². The van der Waals surface area contributed by atoms with E-state index in [1.54, 1.807) is 7.11 Å². The van der Waals surface area contributed by atoms with E-state index >= 15 is 4.39 Å². The Morgan fingerprint density at radius 1 is 1.05 bits per heavy atom. The number of halogens is 1. The Balaban J connectivity index is 1.22. The van der Waals surface area contributed by atoms with Crippen LogP contribution in [0.25, 0.3) is 16.7 Å². The van der Waals surface area contributed by atoms with Gasteiger partial charge in [-0.1, -0.05) is 0 Å². The highest BCUT2D eigenvalue weighted by atomic mass is 19.1. The van der Waals surface area contributed by atoms with Crippen LogP contribution in [0.2, 0.25) is 0 Å². The maximum atomic E-state index is 15.6. The first kappa shape index (κ1) is 23.3. The Bertz CT molecular complexity index is 1310. The number of rotatable bonds is 5. The van der Waals surface area contributed by atoms with Crippen LogP contribution in [0, 0.1) is 6.92 Å². The molecule has 0 spiro atoms. The van der Waals surface area contributed by atoms with Crippen molar-refractivity contribution in [3.8, 4) is 11.8 Å². The van der Waals surface area contributed by atoms with Crippen molar-refractivity contribution in [1.29, 1.82) is 0 Å². The highest BCUT2D eigenvalue weighted by Crippen LogP contribution is 2.37. The van der Waals surface area contributed by atoms with Gasteiger partial charge in [-0.3, -0.25) is 4.90 Å². The molecule has 2 aromatic heterocycles. The highest BCUT2D eigenvalue weighted by Gasteiger charge is 2.40. The van der Waals surface area contributed by atoms with Gasteiger partial charge in [0.25, 0.3) is 0 Å². The van der Waals surface area contributed by atoms with E-state index in [0.717, 1.165) is 80.0 Å². The van der Waals surface area contributed by atoms with Gasteiger partial charge in [0.1, 0.15) is 12.0 Å². The van der Waals surface area contributed by atoms with Gasteiger partial charge in [0, 0.05) is 43.1 Å². The summed E-state index contributed by atoms with van der Waals surface area (Å²) in [5.74, 6) is 1.32. The molecule has 9 nitrogen and oxygen atoms in total. The number of nitrogens with zero attached hydrogens (tertiary/aromatic N) is 6. The second-order valence-corrected chi connectivity index (χ2v) is 10.8. The number of morpholine rings is 1. The molecule has 3 aromatic rings. The molecule has 5 atom stereocenters. The van der Waals surface area contributed by atoms with E-state index in [1.165, 1.54) is 0 Å². The van der Waals surface area contributed by atoms with Crippen molar-refractivity contribution < 1.29 is 18.6 Å². The van der Waals surface area contributed by atoms with E-state index in [-0.39, 0.29) is 12.0 Å². The molecule has 6 heterocycles. The molecule has 2 bridgehead atoms. The lowest BCUT2D eigenvalue weighted by Gasteiger charge is -2.38. The molecule has 0 aliphatic carbocycles. The predicted molar refractivity (Wildman–Crippen MR) is 136 cm³/mol. The first-order valence-corrected chi connectivity index (χ1v) is 13.3. The van der Waals surface area contributed by atoms with E-state index in [1.807, 2.05) is 16.9 Å². The van der Waals surface area contributed by atoms with Gasteiger partial charge in [0.2, 0.25) is 0 Å². The van der Waals surface area contributed by atoms with Crippen LogP contribution < -0.4 is 9.64 Å². The smallest absolute Gasteiger partial charge is 0.320 e. The third-order valence-electron chi connectivity index (χ3n) is 8.62. The number of benzene rings is 1. The molecule has 0 amide bonds. The van der Waals surface area contributed by atoms with Crippen LogP contribution >= 0.6 is 0 Å². The summed E-state index contributed by atoms with van der Waals surface area (Å²) < 4.78 is 34.2. The van der Waals surface area contributed by atoms with Crippen molar-refractivity contribution in [3.05, 3.63) is 35.5 Å². The number of aryl methyl sites for hydroxylation is 1. The van der Waals surface area contributed by atoms with Crippen molar-refractivity contribution in [2.75, 3.05) is 51.5 Å². The largest absolute Gasteiger partial charge is 0.467 e. The minimum Gasteiger partial charge on any atom is -0.467 e. The fourth-order valence-electron chi connectivity index (χ4n) is 6.63. The molecule has 4 saturated heterocycles. The normalized spacial score (nSPS) is 30.0. The number of hydrogen-bond donors (Lipinski definition) is 0. The number of ether oxygens (including phenoxy) is 3. The van der Waals surface area contributed by atoms with E-state index in [2.05, 4.69) is 43.9 Å². The first-order chi connectivity index (χ1) is 18.1. The molecule has 0 radical (unpaired) electrons. The lowest BCUT2D eigenvalue weighted by atomic mass is 9.84. The van der Waals surface area contributed by atoms with Crippen molar-refractivity contribution in [3.63, 3.8) is 0 Å². The number of anilines is 1. The lowest BCUT2D eigenvalue weighted by molar-refractivity contribution is 0.0728. The van der Waals surface area contributed by atoms with E-state index < -0.39 is 6.17 Å². The monoisotopic (exact) mass is 508 g/mol. The summed E-state index contributed by atoms with van der Waals surface area (Å²) in [5, 5.41) is 5.68. The molecule has 5 unspecified atom stereocenters. The summed E-state index contributed by atoms with van der Waals surface area (Å²) in [6.07, 6.45) is 4.00. The predicted octanol–water partition coefficient (Wildman–Crippen LogP) is 3.03. The third kappa shape index (κ3) is 4.06. The Labute approximate surface area is 215 Å². The van der Waals surface area contributed by atoms with Crippen LogP contribution in [0.15, 0.2) is 24.4 Å². The van der Waals surface area contributed by atoms with E-state index in [4.69, 9.17) is 14.2 Å². The lowest BCUT2D eigenvalue weighted by Crippen LogP contribution is -2.46. The zero-order valence-corrected chi connectivity index (χ0v) is 21.3. The molecule has 4 aliphatic rings. The van der Waals surface area contributed by atoms with Gasteiger partial charge < -0.3 is 19.1 Å². The first-order valence-electron chi connectivity index (χ1n) is 13.3. The molecule has 7 rings (SSSR count). The quantitative estimate of drug-likeness (QED) is 0.521. The Morgan fingerprint density at radius 3 is 2.68 bits per heavy atom. The Morgan fingerprint density at radius 2 is 1.95 bits per heavy atom. The molecule has 4 fully saturated rings. The Kier molecular flexibility index (Phi) is 5.78. The van der Waals surface area contributed by atoms with Crippen LogP contribution in [-0.2, 0) is 9.47 Å². The van der Waals surface area contributed by atoms with Crippen LogP contribution in [0.1, 0.15) is 36.3 Å². The molecule has 196 valence electrons. The molecule has 10 heteroatoms. The summed E-state index contributed by atoms with van der Waals surface area (Å²) in [6, 6.07) is 7.18. The minimum atomic E-state index is -0.916. The fraction of sp³-hybridized carbons (Fsp3) is 0.593. The molecule has 4 aliphatic heterocycles. The van der Waals surface area contributed by atoms with Gasteiger partial charge in [-0.15, -0.1) is 0 Å². The summed E-state index contributed by atoms with van der Waals surface area (Å²) in [6.45, 7) is 6.47. The number of aromatic nitrogens is 4. The topological polar surface area (TPSA) is 77.8 Å². The number of fused-ring (bicyclic) bond motifs is 3. The van der Waals surface area contributed by atoms with Crippen molar-refractivity contribution in [1.82, 2.24) is 24.6 Å². The summed E-state index contributed by atoms with van der Waals surface area (Å²) in [4.78, 5) is 13.8. The zero-order chi connectivity index (χ0) is 25.1. The number of methoxy groups -OCH3 is 1.